The summed E-state index contributed by atoms with van der Waals surface area (Å²) in [6.45, 7) is 15.7. The van der Waals surface area contributed by atoms with E-state index < -0.39 is 5.91 Å². The second kappa shape index (κ2) is 11.8. The smallest absolute Gasteiger partial charge is 0.315 e. The van der Waals surface area contributed by atoms with E-state index in [0.717, 1.165) is 76.3 Å². The first-order valence-corrected chi connectivity index (χ1v) is 15.5. The highest BCUT2D eigenvalue weighted by Crippen LogP contribution is 2.37. The van der Waals surface area contributed by atoms with E-state index in [1.165, 1.54) is 6.33 Å². The van der Waals surface area contributed by atoms with E-state index in [2.05, 4.69) is 54.5 Å². The molecule has 0 unspecified atom stereocenters. The molecule has 1 saturated heterocycles. The molecule has 0 bridgehead atoms. The van der Waals surface area contributed by atoms with Gasteiger partial charge in [-0.15, -0.1) is 0 Å². The number of aromatic nitrogens is 7. The number of piperidine rings is 1. The molecule has 1 fully saturated rings. The molecule has 0 saturated carbocycles. The Hall–Kier alpha value is -4.42. The van der Waals surface area contributed by atoms with Gasteiger partial charge in [-0.25, -0.2) is 9.97 Å². The van der Waals surface area contributed by atoms with Crippen LogP contribution in [0.2, 0.25) is 0 Å². The third kappa shape index (κ3) is 5.64. The molecule has 1 aliphatic heterocycles. The van der Waals surface area contributed by atoms with Crippen molar-refractivity contribution in [3.8, 4) is 22.5 Å². The van der Waals surface area contributed by atoms with Crippen molar-refractivity contribution >= 4 is 16.9 Å². The van der Waals surface area contributed by atoms with Crippen LogP contribution in [0.4, 0.5) is 0 Å². The molecule has 0 aliphatic carbocycles. The van der Waals surface area contributed by atoms with E-state index >= 15 is 0 Å². The zero-order chi connectivity index (χ0) is 32.0. The summed E-state index contributed by atoms with van der Waals surface area (Å²) in [5.41, 5.74) is 7.84. The molecular formula is C33H41N9O3. The average Bonchev–Trinajstić information content (AvgIpc) is 3.72. The van der Waals surface area contributed by atoms with Gasteiger partial charge in [-0.2, -0.15) is 10.1 Å². The summed E-state index contributed by atoms with van der Waals surface area (Å²) in [5.74, 6) is 0.00919. The number of aliphatic hydroxyl groups excluding tert-OH is 1. The monoisotopic (exact) mass is 611 g/mol. The molecule has 5 aromatic rings. The molecule has 12 heteroatoms. The SMILES string of the molecule is Cc1cc(-c2ncnc3c2cc(-c2c(C)nn(C4CCNCC4)c2C)n3CO)ccc1[C@@H](C)NC(=O)c1nc(C(C)(C)C)no1. The molecule has 4 aromatic heterocycles. The van der Waals surface area contributed by atoms with Gasteiger partial charge < -0.3 is 24.8 Å². The topological polar surface area (TPSA) is 149 Å². The average molecular weight is 612 g/mol. The van der Waals surface area contributed by atoms with Gasteiger partial charge in [0.1, 0.15) is 18.7 Å². The number of aliphatic hydroxyl groups is 1. The molecule has 1 aliphatic rings. The minimum Gasteiger partial charge on any atom is -0.376 e. The van der Waals surface area contributed by atoms with E-state index in [0.29, 0.717) is 17.5 Å². The molecule has 1 amide bonds. The molecular weight excluding hydrogens is 570 g/mol. The van der Waals surface area contributed by atoms with Crippen molar-refractivity contribution in [3.63, 3.8) is 0 Å². The Bertz CT molecular complexity index is 1870. The van der Waals surface area contributed by atoms with Gasteiger partial charge in [-0.05, 0) is 76.9 Å². The van der Waals surface area contributed by atoms with E-state index in [1.807, 2.05) is 58.2 Å². The van der Waals surface area contributed by atoms with Crippen LogP contribution >= 0.6 is 0 Å². The maximum absolute atomic E-state index is 12.9. The largest absolute Gasteiger partial charge is 0.376 e. The van der Waals surface area contributed by atoms with Crippen molar-refractivity contribution in [2.75, 3.05) is 13.1 Å². The Balaban J connectivity index is 1.31. The summed E-state index contributed by atoms with van der Waals surface area (Å²) in [6.07, 6.45) is 3.60. The Morgan fingerprint density at radius 2 is 1.91 bits per heavy atom. The fraction of sp³-hybridized carbons (Fsp3) is 0.455. The van der Waals surface area contributed by atoms with E-state index in [9.17, 15) is 9.90 Å². The number of amides is 1. The van der Waals surface area contributed by atoms with Crippen LogP contribution in [0, 0.1) is 20.8 Å². The number of rotatable bonds is 7. The van der Waals surface area contributed by atoms with E-state index in [1.54, 1.807) is 0 Å². The molecule has 1 aromatic carbocycles. The highest BCUT2D eigenvalue weighted by molar-refractivity contribution is 5.95. The molecule has 0 spiro atoms. The van der Waals surface area contributed by atoms with Crippen LogP contribution in [-0.2, 0) is 12.1 Å². The zero-order valence-corrected chi connectivity index (χ0v) is 27.0. The van der Waals surface area contributed by atoms with Gasteiger partial charge in [-0.3, -0.25) is 9.48 Å². The number of carbonyl (C=O) groups excluding carboxylic acids is 1. The van der Waals surface area contributed by atoms with Crippen LogP contribution in [-0.4, -0.2) is 58.6 Å². The normalized spacial score (nSPS) is 15.1. The molecule has 0 radical (unpaired) electrons. The number of benzene rings is 1. The number of aryl methyl sites for hydroxylation is 2. The van der Waals surface area contributed by atoms with Crippen LogP contribution in [0.3, 0.4) is 0 Å². The van der Waals surface area contributed by atoms with Crippen molar-refractivity contribution in [1.29, 1.82) is 0 Å². The molecule has 1 atom stereocenters. The van der Waals surface area contributed by atoms with Gasteiger partial charge in [0.15, 0.2) is 5.82 Å². The number of nitrogens with zero attached hydrogens (tertiary/aromatic N) is 7. The molecule has 5 heterocycles. The summed E-state index contributed by atoms with van der Waals surface area (Å²) in [5, 5.41) is 26.7. The quantitative estimate of drug-likeness (QED) is 0.233. The lowest BCUT2D eigenvalue weighted by atomic mass is 9.96. The standard InChI is InChI=1S/C33H41N9O3/c1-18-14-22(8-9-24(18)19(2)37-30(44)31-38-32(40-45-31)33(5,6)7)28-25-15-26(41(17-43)29(25)36-16-35-28)27-20(3)39-42(21(27)4)23-10-12-34-13-11-23/h8-9,14-16,19,23,34,43H,10-13,17H2,1-7H3,(H,37,44)/t19-/m1/s1. The van der Waals surface area contributed by atoms with E-state index in [4.69, 9.17) is 9.62 Å². The van der Waals surface area contributed by atoms with Crippen LogP contribution in [0.15, 0.2) is 35.1 Å². The lowest BCUT2D eigenvalue weighted by Gasteiger charge is -2.24. The first-order chi connectivity index (χ1) is 21.5. The minimum atomic E-state index is -0.418. The second-order valence-electron chi connectivity index (χ2n) is 13.0. The van der Waals surface area contributed by atoms with Gasteiger partial charge in [0.2, 0.25) is 0 Å². The lowest BCUT2D eigenvalue weighted by Crippen LogP contribution is -2.30. The fourth-order valence-corrected chi connectivity index (χ4v) is 6.35. The zero-order valence-electron chi connectivity index (χ0n) is 27.0. The molecule has 3 N–H and O–H groups in total. The number of nitrogens with one attached hydrogen (secondary N) is 2. The van der Waals surface area contributed by atoms with Gasteiger partial charge in [0.05, 0.1) is 29.2 Å². The second-order valence-corrected chi connectivity index (χ2v) is 13.0. The number of fused-ring (bicyclic) bond motifs is 1. The van der Waals surface area contributed by atoms with Crippen LogP contribution < -0.4 is 10.6 Å². The highest BCUT2D eigenvalue weighted by atomic mass is 16.5. The number of hydrogen-bond acceptors (Lipinski definition) is 9. The maximum Gasteiger partial charge on any atom is 0.315 e. The minimum absolute atomic E-state index is 0.0552. The van der Waals surface area contributed by atoms with Crippen molar-refractivity contribution in [1.82, 2.24) is 45.1 Å². The summed E-state index contributed by atoms with van der Waals surface area (Å²) in [4.78, 5) is 26.4. The summed E-state index contributed by atoms with van der Waals surface area (Å²) in [7, 11) is 0. The lowest BCUT2D eigenvalue weighted by molar-refractivity contribution is 0.0895. The predicted octanol–water partition coefficient (Wildman–Crippen LogP) is 4.93. The van der Waals surface area contributed by atoms with Gasteiger partial charge in [0.25, 0.3) is 0 Å². The third-order valence-electron chi connectivity index (χ3n) is 8.72. The molecule has 12 nitrogen and oxygen atoms in total. The summed E-state index contributed by atoms with van der Waals surface area (Å²) in [6, 6.07) is 8.17. The first kappa shape index (κ1) is 30.6. The Morgan fingerprint density at radius 1 is 1.16 bits per heavy atom. The maximum atomic E-state index is 12.9. The third-order valence-corrected chi connectivity index (χ3v) is 8.72. The van der Waals surface area contributed by atoms with Crippen molar-refractivity contribution in [2.24, 2.45) is 0 Å². The van der Waals surface area contributed by atoms with Crippen molar-refractivity contribution in [3.05, 3.63) is 64.8 Å². The van der Waals surface area contributed by atoms with Gasteiger partial charge in [-0.1, -0.05) is 38.1 Å². The molecule has 236 valence electrons. The van der Waals surface area contributed by atoms with E-state index in [-0.39, 0.29) is 24.1 Å². The van der Waals surface area contributed by atoms with Crippen molar-refractivity contribution < 1.29 is 14.4 Å². The van der Waals surface area contributed by atoms with Gasteiger partial charge >= 0.3 is 11.8 Å². The molecule has 6 rings (SSSR count). The number of hydrogen-bond donors (Lipinski definition) is 3. The Kier molecular flexibility index (Phi) is 8.04. The van der Waals surface area contributed by atoms with Gasteiger partial charge in [0, 0.05) is 27.6 Å². The fourth-order valence-electron chi connectivity index (χ4n) is 6.35. The van der Waals surface area contributed by atoms with Crippen LogP contribution in [0.1, 0.15) is 91.6 Å². The predicted molar refractivity (Wildman–Crippen MR) is 171 cm³/mol. The van der Waals surface area contributed by atoms with Crippen LogP contribution in [0.5, 0.6) is 0 Å². The molecule has 45 heavy (non-hydrogen) atoms. The Labute approximate surface area is 262 Å². The summed E-state index contributed by atoms with van der Waals surface area (Å²) < 4.78 is 9.20. The highest BCUT2D eigenvalue weighted by Gasteiger charge is 2.27. The van der Waals surface area contributed by atoms with Crippen LogP contribution in [0.25, 0.3) is 33.5 Å². The first-order valence-electron chi connectivity index (χ1n) is 15.5. The Morgan fingerprint density at radius 3 is 2.58 bits per heavy atom. The number of carbonyl (C=O) groups is 1. The summed E-state index contributed by atoms with van der Waals surface area (Å²) >= 11 is 0. The van der Waals surface area contributed by atoms with Crippen molar-refractivity contribution in [2.45, 2.75) is 85.5 Å².